The predicted molar refractivity (Wildman–Crippen MR) is 53.1 cm³/mol. The molecule has 23 heavy (non-hydrogen) atoms. The quantitative estimate of drug-likeness (QED) is 0.221. The maximum Gasteiger partial charge on any atom is 3.00 e. The summed E-state index contributed by atoms with van der Waals surface area (Å²) < 4.78 is 102. The third-order valence-corrected chi connectivity index (χ3v) is 0. The van der Waals surface area contributed by atoms with E-state index >= 15 is 0 Å². The Kier molecular flexibility index (Phi) is 101. The minimum Gasteiger partial charge on any atom is -0.759 e. The van der Waals surface area contributed by atoms with E-state index < -0.39 is 31.2 Å². The summed E-state index contributed by atoms with van der Waals surface area (Å²) in [6.07, 6.45) is 0. The fourth-order valence-electron chi connectivity index (χ4n) is 0. The summed E-state index contributed by atoms with van der Waals surface area (Å²) in [6, 6.07) is 0. The summed E-state index contributed by atoms with van der Waals surface area (Å²) >= 11 is 0. The largest absolute Gasteiger partial charge is 3.00 e. The molecule has 0 aromatic heterocycles. The summed E-state index contributed by atoms with van der Waals surface area (Å²) in [7, 11) is -15.5. The van der Waals surface area contributed by atoms with Gasteiger partial charge in [0.2, 0.25) is 0 Å². The van der Waals surface area contributed by atoms with Gasteiger partial charge in [-0.3, -0.25) is 25.3 Å². The topological polar surface area (TPSA) is 430 Å². The van der Waals surface area contributed by atoms with Crippen LogP contribution >= 0.6 is 0 Å². The first-order valence-corrected chi connectivity index (χ1v) is 6.00. The maximum atomic E-state index is 8.52. The normalized spacial score (nSPS) is 7.57. The van der Waals surface area contributed by atoms with E-state index in [0.717, 1.165) is 0 Å². The average molecular weight is 500 g/mol. The molecule has 0 fully saturated rings. The van der Waals surface area contributed by atoms with E-state index in [1.165, 1.54) is 0 Å². The minimum absolute atomic E-state index is 0. The average Bonchev–Trinajstić information content (AvgIpc) is 1.41. The van der Waals surface area contributed by atoms with Gasteiger partial charge in [-0.15, -0.1) is 0 Å². The number of hydrogen-bond donors (Lipinski definition) is 0. The fourth-order valence-corrected chi connectivity index (χ4v) is 0. The molecule has 18 nitrogen and oxygen atoms in total. The molecule has 0 amide bonds. The standard InChI is InChI=1S/2Cr.3H2O4S.6H2O/c;;3*1-5(2,3)4;;;;;;/h;;3*(H2,1,2,3,4);6*1H2/q2*+3;;;;;;;;;/p-6. The van der Waals surface area contributed by atoms with E-state index in [0.29, 0.717) is 0 Å². The van der Waals surface area contributed by atoms with Crippen LogP contribution in [0.25, 0.3) is 0 Å². The first kappa shape index (κ1) is 76.3. The van der Waals surface area contributed by atoms with Gasteiger partial charge in [0.15, 0.2) is 0 Å². The van der Waals surface area contributed by atoms with Crippen molar-refractivity contribution in [2.45, 2.75) is 0 Å². The van der Waals surface area contributed by atoms with Gasteiger partial charge in [0, 0.05) is 31.2 Å². The first-order chi connectivity index (χ1) is 6.00. The fraction of sp³-hybridized carbons (Fsp3) is 0. The summed E-state index contributed by atoms with van der Waals surface area (Å²) in [5.41, 5.74) is 0. The van der Waals surface area contributed by atoms with Gasteiger partial charge in [-0.2, -0.15) is 0 Å². The van der Waals surface area contributed by atoms with E-state index in [-0.39, 0.29) is 67.6 Å². The Balaban J connectivity index is -0.00000000889. The molecule has 0 unspecified atom stereocenters. The molecule has 0 saturated carbocycles. The van der Waals surface area contributed by atoms with Gasteiger partial charge in [-0.05, 0) is 0 Å². The SMILES string of the molecule is O.O.O.O.O.O.O=S(=O)([O-])[O-].O=S(=O)([O-])[O-].O=S(=O)([O-])[O-].[Cr+3].[Cr+3]. The summed E-state index contributed by atoms with van der Waals surface area (Å²) in [6.45, 7) is 0. The van der Waals surface area contributed by atoms with Gasteiger partial charge < -0.3 is 60.2 Å². The van der Waals surface area contributed by atoms with Crippen LogP contribution in [-0.2, 0) is 65.9 Å². The molecule has 0 spiro atoms. The molecule has 0 heterocycles. The number of rotatable bonds is 0. The van der Waals surface area contributed by atoms with Gasteiger partial charge in [0.05, 0.1) is 0 Å². The molecule has 150 valence electrons. The third kappa shape index (κ3) is 49500. The summed E-state index contributed by atoms with van der Waals surface area (Å²) in [5, 5.41) is 0. The molecule has 0 rings (SSSR count). The zero-order valence-electron chi connectivity index (χ0n) is 9.94. The van der Waals surface area contributed by atoms with Gasteiger partial charge in [0.1, 0.15) is 0 Å². The Morgan fingerprint density at radius 2 is 0.348 bits per heavy atom. The Hall–Kier alpha value is 0.435. The first-order valence-electron chi connectivity index (χ1n) is 2.00. The van der Waals surface area contributed by atoms with E-state index in [1.807, 2.05) is 0 Å². The van der Waals surface area contributed by atoms with Gasteiger partial charge in [0.25, 0.3) is 0 Å². The molecule has 0 atom stereocenters. The second kappa shape index (κ2) is 30.3. The third-order valence-electron chi connectivity index (χ3n) is 0. The Morgan fingerprint density at radius 1 is 0.348 bits per heavy atom. The van der Waals surface area contributed by atoms with E-state index in [4.69, 9.17) is 52.6 Å². The molecule has 12 N–H and O–H groups in total. The van der Waals surface area contributed by atoms with Crippen LogP contribution in [0.15, 0.2) is 0 Å². The second-order valence-electron chi connectivity index (χ2n) is 1.22. The van der Waals surface area contributed by atoms with Crippen molar-refractivity contribution in [3.8, 4) is 0 Å². The second-order valence-corrected chi connectivity index (χ2v) is 3.67. The monoisotopic (exact) mass is 500 g/mol. The Labute approximate surface area is 151 Å². The van der Waals surface area contributed by atoms with Gasteiger partial charge >= 0.3 is 34.7 Å². The van der Waals surface area contributed by atoms with Gasteiger partial charge in [-0.25, -0.2) is 0 Å². The molecule has 0 aliphatic carbocycles. The summed E-state index contributed by atoms with van der Waals surface area (Å²) in [4.78, 5) is 0. The molecule has 2 radical (unpaired) electrons. The van der Waals surface area contributed by atoms with Crippen molar-refractivity contribution in [1.29, 1.82) is 0 Å². The van der Waals surface area contributed by atoms with Gasteiger partial charge in [-0.1, -0.05) is 0 Å². The van der Waals surface area contributed by atoms with Crippen molar-refractivity contribution in [2.75, 3.05) is 0 Å². The van der Waals surface area contributed by atoms with Crippen LogP contribution in [0, 0.1) is 0 Å². The van der Waals surface area contributed by atoms with Crippen LogP contribution in [-0.4, -0.2) is 85.4 Å². The molecular formula is H12Cr2O18S3. The van der Waals surface area contributed by atoms with Crippen molar-refractivity contribution in [3.05, 3.63) is 0 Å². The van der Waals surface area contributed by atoms with Crippen molar-refractivity contribution >= 4 is 31.2 Å². The molecule has 0 aromatic rings. The van der Waals surface area contributed by atoms with Crippen molar-refractivity contribution in [3.63, 3.8) is 0 Å². The van der Waals surface area contributed by atoms with Crippen LogP contribution in [0.5, 0.6) is 0 Å². The van der Waals surface area contributed by atoms with Crippen LogP contribution in [0.1, 0.15) is 0 Å². The zero-order chi connectivity index (χ0) is 13.5. The molecule has 23 heteroatoms. The van der Waals surface area contributed by atoms with Crippen molar-refractivity contribution < 1.29 is 120 Å². The molecule has 0 aliphatic rings. The predicted octanol–water partition coefficient (Wildman–Crippen LogP) is -8.97. The van der Waals surface area contributed by atoms with Crippen LogP contribution < -0.4 is 0 Å². The molecular weight excluding hydrogens is 488 g/mol. The van der Waals surface area contributed by atoms with Crippen LogP contribution in [0.4, 0.5) is 0 Å². The Bertz CT molecular complexity index is 343. The Morgan fingerprint density at radius 3 is 0.348 bits per heavy atom. The minimum atomic E-state index is -5.17. The van der Waals surface area contributed by atoms with E-state index in [9.17, 15) is 0 Å². The van der Waals surface area contributed by atoms with Crippen molar-refractivity contribution in [1.82, 2.24) is 0 Å². The van der Waals surface area contributed by atoms with E-state index in [1.54, 1.807) is 0 Å². The maximum absolute atomic E-state index is 8.52. The molecule has 0 saturated heterocycles. The van der Waals surface area contributed by atoms with Crippen LogP contribution in [0.2, 0.25) is 0 Å². The number of hydrogen-bond acceptors (Lipinski definition) is 12. The van der Waals surface area contributed by atoms with Crippen LogP contribution in [0.3, 0.4) is 0 Å². The molecule has 0 aromatic carbocycles. The summed E-state index contributed by atoms with van der Waals surface area (Å²) in [5.74, 6) is 0. The van der Waals surface area contributed by atoms with E-state index in [2.05, 4.69) is 0 Å². The zero-order valence-corrected chi connectivity index (χ0v) is 14.9. The smallest absolute Gasteiger partial charge is 0.759 e. The molecule has 0 aliphatic heterocycles. The van der Waals surface area contributed by atoms with Crippen molar-refractivity contribution in [2.24, 2.45) is 0 Å². The molecule has 0 bridgehead atoms.